The molecule has 0 bridgehead atoms. The van der Waals surface area contributed by atoms with Gasteiger partial charge in [-0.1, -0.05) is 27.5 Å². The van der Waals surface area contributed by atoms with Crippen LogP contribution in [0.2, 0.25) is 5.02 Å². The molecule has 1 heterocycles. The minimum absolute atomic E-state index is 0.219. The van der Waals surface area contributed by atoms with Gasteiger partial charge in [-0.05, 0) is 42.5 Å². The SMILES string of the molecule is O=C1C(=O)N(C(=O)c2ccc(Cl)cc2)c2ccc(Br)cc21. The van der Waals surface area contributed by atoms with Crippen molar-refractivity contribution in [3.05, 3.63) is 63.1 Å². The first-order valence-corrected chi connectivity index (χ1v) is 7.14. The number of halogens is 2. The first-order valence-electron chi connectivity index (χ1n) is 5.97. The fourth-order valence-corrected chi connectivity index (χ4v) is 2.62. The quantitative estimate of drug-likeness (QED) is 0.575. The molecule has 3 rings (SSSR count). The van der Waals surface area contributed by atoms with Gasteiger partial charge in [-0.2, -0.15) is 0 Å². The first kappa shape index (κ1) is 14.0. The molecule has 0 aromatic heterocycles. The molecule has 0 atom stereocenters. The average Bonchev–Trinajstić information content (AvgIpc) is 2.71. The normalized spacial score (nSPS) is 13.5. The number of fused-ring (bicyclic) bond motifs is 1. The highest BCUT2D eigenvalue weighted by atomic mass is 79.9. The number of Topliss-reactive ketones (excluding diaryl/α,β-unsaturated/α-hetero) is 1. The van der Waals surface area contributed by atoms with Gasteiger partial charge in [-0.3, -0.25) is 14.4 Å². The van der Waals surface area contributed by atoms with Crippen molar-refractivity contribution >= 4 is 50.8 Å². The molecule has 2 aromatic rings. The predicted octanol–water partition coefficient (Wildman–Crippen LogP) is 3.47. The lowest BCUT2D eigenvalue weighted by Crippen LogP contribution is -2.35. The highest BCUT2D eigenvalue weighted by Crippen LogP contribution is 2.32. The summed E-state index contributed by atoms with van der Waals surface area (Å²) in [5.41, 5.74) is 0.807. The smallest absolute Gasteiger partial charge is 0.283 e. The van der Waals surface area contributed by atoms with E-state index in [-0.39, 0.29) is 11.1 Å². The monoisotopic (exact) mass is 363 g/mol. The number of imide groups is 1. The molecule has 0 radical (unpaired) electrons. The second-order valence-corrected chi connectivity index (χ2v) is 5.80. The Morgan fingerprint density at radius 3 is 2.38 bits per heavy atom. The molecule has 104 valence electrons. The number of amides is 2. The van der Waals surface area contributed by atoms with Crippen molar-refractivity contribution in [1.29, 1.82) is 0 Å². The van der Waals surface area contributed by atoms with Crippen LogP contribution in [0.3, 0.4) is 0 Å². The molecular formula is C15H7BrClNO3. The Bertz CT molecular complexity index is 786. The van der Waals surface area contributed by atoms with Gasteiger partial charge in [0.15, 0.2) is 0 Å². The minimum atomic E-state index is -0.844. The van der Waals surface area contributed by atoms with Gasteiger partial charge < -0.3 is 0 Å². The number of anilines is 1. The van der Waals surface area contributed by atoms with E-state index in [1.165, 1.54) is 18.2 Å². The number of carbonyl (C=O) groups is 3. The third kappa shape index (κ3) is 2.28. The molecule has 21 heavy (non-hydrogen) atoms. The molecule has 0 saturated heterocycles. The van der Waals surface area contributed by atoms with Crippen LogP contribution in [0.4, 0.5) is 5.69 Å². The van der Waals surface area contributed by atoms with E-state index in [4.69, 9.17) is 11.6 Å². The van der Waals surface area contributed by atoms with Gasteiger partial charge >= 0.3 is 5.91 Å². The Labute approximate surface area is 133 Å². The molecule has 4 nitrogen and oxygen atoms in total. The van der Waals surface area contributed by atoms with Crippen molar-refractivity contribution in [1.82, 2.24) is 0 Å². The molecule has 6 heteroatoms. The zero-order valence-corrected chi connectivity index (χ0v) is 12.8. The van der Waals surface area contributed by atoms with Crippen molar-refractivity contribution < 1.29 is 14.4 Å². The minimum Gasteiger partial charge on any atom is -0.283 e. The molecule has 0 aliphatic carbocycles. The highest BCUT2D eigenvalue weighted by molar-refractivity contribution is 9.10. The van der Waals surface area contributed by atoms with E-state index in [1.807, 2.05) is 0 Å². The van der Waals surface area contributed by atoms with Crippen molar-refractivity contribution in [3.8, 4) is 0 Å². The summed E-state index contributed by atoms with van der Waals surface area (Å²) in [6.45, 7) is 0. The summed E-state index contributed by atoms with van der Waals surface area (Å²) in [6, 6.07) is 10.9. The standard InChI is InChI=1S/C15H7BrClNO3/c16-9-3-6-12-11(7-9)13(19)15(21)18(12)14(20)8-1-4-10(17)5-2-8/h1-7H. The Morgan fingerprint density at radius 1 is 1.05 bits per heavy atom. The number of carbonyl (C=O) groups excluding carboxylic acids is 3. The Morgan fingerprint density at radius 2 is 1.71 bits per heavy atom. The van der Waals surface area contributed by atoms with Crippen molar-refractivity contribution in [2.45, 2.75) is 0 Å². The largest absolute Gasteiger partial charge is 0.306 e. The van der Waals surface area contributed by atoms with E-state index in [9.17, 15) is 14.4 Å². The zero-order valence-electron chi connectivity index (χ0n) is 10.5. The van der Waals surface area contributed by atoms with Crippen molar-refractivity contribution in [2.24, 2.45) is 0 Å². The average molecular weight is 365 g/mol. The van der Waals surface area contributed by atoms with Crippen LogP contribution >= 0.6 is 27.5 Å². The Balaban J connectivity index is 2.07. The van der Waals surface area contributed by atoms with Crippen LogP contribution in [0.15, 0.2) is 46.9 Å². The lowest BCUT2D eigenvalue weighted by Gasteiger charge is -2.14. The summed E-state index contributed by atoms with van der Waals surface area (Å²) in [6.07, 6.45) is 0. The second-order valence-electron chi connectivity index (χ2n) is 4.44. The van der Waals surface area contributed by atoms with E-state index in [0.717, 1.165) is 4.90 Å². The predicted molar refractivity (Wildman–Crippen MR) is 81.7 cm³/mol. The second kappa shape index (κ2) is 5.09. The maximum absolute atomic E-state index is 12.5. The maximum atomic E-state index is 12.5. The zero-order chi connectivity index (χ0) is 15.1. The first-order chi connectivity index (χ1) is 9.99. The third-order valence-electron chi connectivity index (χ3n) is 3.14. The molecule has 0 N–H and O–H groups in total. The summed E-state index contributed by atoms with van der Waals surface area (Å²) in [5, 5.41) is 0.486. The lowest BCUT2D eigenvalue weighted by atomic mass is 10.1. The Hall–Kier alpha value is -1.98. The Kier molecular flexibility index (Phi) is 3.39. The van der Waals surface area contributed by atoms with Gasteiger partial charge in [0.1, 0.15) is 0 Å². The summed E-state index contributed by atoms with van der Waals surface area (Å²) in [7, 11) is 0. The van der Waals surface area contributed by atoms with Gasteiger partial charge in [0.05, 0.1) is 11.3 Å². The fourth-order valence-electron chi connectivity index (χ4n) is 2.13. The molecule has 0 fully saturated rings. The van der Waals surface area contributed by atoms with Gasteiger partial charge in [0.25, 0.3) is 11.7 Å². The van der Waals surface area contributed by atoms with E-state index >= 15 is 0 Å². The van der Waals surface area contributed by atoms with Crippen LogP contribution in [0.5, 0.6) is 0 Å². The number of nitrogens with zero attached hydrogens (tertiary/aromatic N) is 1. The number of benzene rings is 2. The van der Waals surface area contributed by atoms with Crippen LogP contribution < -0.4 is 4.90 Å². The molecule has 0 saturated carbocycles. The fraction of sp³-hybridized carbons (Fsp3) is 0. The van der Waals surface area contributed by atoms with Gasteiger partial charge in [-0.25, -0.2) is 4.90 Å². The van der Waals surface area contributed by atoms with E-state index < -0.39 is 17.6 Å². The van der Waals surface area contributed by atoms with Crippen LogP contribution in [0, 0.1) is 0 Å². The van der Waals surface area contributed by atoms with Crippen LogP contribution in [0.25, 0.3) is 0 Å². The topological polar surface area (TPSA) is 54.5 Å². The summed E-state index contributed by atoms with van der Waals surface area (Å²) < 4.78 is 0.670. The molecule has 0 spiro atoms. The van der Waals surface area contributed by atoms with Gasteiger partial charge in [0, 0.05) is 15.1 Å². The molecule has 1 aliphatic heterocycles. The number of hydrogen-bond acceptors (Lipinski definition) is 3. The molecule has 2 aromatic carbocycles. The van der Waals surface area contributed by atoms with E-state index in [0.29, 0.717) is 15.2 Å². The maximum Gasteiger partial charge on any atom is 0.306 e. The molecular weight excluding hydrogens is 358 g/mol. The molecule has 1 aliphatic rings. The van der Waals surface area contributed by atoms with Crippen molar-refractivity contribution in [2.75, 3.05) is 4.90 Å². The number of rotatable bonds is 1. The summed E-state index contributed by atoms with van der Waals surface area (Å²) in [4.78, 5) is 37.4. The molecule has 0 unspecified atom stereocenters. The highest BCUT2D eigenvalue weighted by Gasteiger charge is 2.40. The van der Waals surface area contributed by atoms with Crippen LogP contribution in [-0.2, 0) is 4.79 Å². The van der Waals surface area contributed by atoms with Crippen LogP contribution in [-0.4, -0.2) is 17.6 Å². The third-order valence-corrected chi connectivity index (χ3v) is 3.88. The lowest BCUT2D eigenvalue weighted by molar-refractivity contribution is -0.113. The summed E-state index contributed by atoms with van der Waals surface area (Å²) in [5.74, 6) is -2.08. The van der Waals surface area contributed by atoms with Crippen molar-refractivity contribution in [3.63, 3.8) is 0 Å². The summed E-state index contributed by atoms with van der Waals surface area (Å²) >= 11 is 9.02. The number of hydrogen-bond donors (Lipinski definition) is 0. The van der Waals surface area contributed by atoms with Gasteiger partial charge in [0.2, 0.25) is 0 Å². The molecule has 2 amide bonds. The van der Waals surface area contributed by atoms with E-state index in [2.05, 4.69) is 15.9 Å². The van der Waals surface area contributed by atoms with E-state index in [1.54, 1.807) is 24.3 Å². The number of ketones is 1. The van der Waals surface area contributed by atoms with Gasteiger partial charge in [-0.15, -0.1) is 0 Å². The van der Waals surface area contributed by atoms with Crippen LogP contribution in [0.1, 0.15) is 20.7 Å².